The molecule has 20 heavy (non-hydrogen) atoms. The number of hydrogen-bond acceptors (Lipinski definition) is 2. The molecule has 0 bridgehead atoms. The second-order valence-electron chi connectivity index (χ2n) is 5.28. The third kappa shape index (κ3) is 3.57. The van der Waals surface area contributed by atoms with Crippen molar-refractivity contribution in [3.63, 3.8) is 0 Å². The Labute approximate surface area is 127 Å². The van der Waals surface area contributed by atoms with Gasteiger partial charge in [0.25, 0.3) is 0 Å². The van der Waals surface area contributed by atoms with Crippen molar-refractivity contribution in [1.82, 2.24) is 5.32 Å². The van der Waals surface area contributed by atoms with E-state index in [9.17, 15) is 8.78 Å². The molecule has 1 fully saturated rings. The third-order valence-electron chi connectivity index (χ3n) is 3.63. The summed E-state index contributed by atoms with van der Waals surface area (Å²) in [5.41, 5.74) is 0.346. The molecule has 3 unspecified atom stereocenters. The van der Waals surface area contributed by atoms with E-state index in [-0.39, 0.29) is 22.7 Å². The third-order valence-corrected chi connectivity index (χ3v) is 4.23. The maximum atomic E-state index is 14.2. The van der Waals surface area contributed by atoms with Gasteiger partial charge in [-0.15, -0.1) is 0 Å². The maximum Gasteiger partial charge on any atom is 0.137 e. The summed E-state index contributed by atoms with van der Waals surface area (Å²) >= 11 is 3.01. The van der Waals surface area contributed by atoms with Gasteiger partial charge >= 0.3 is 0 Å². The van der Waals surface area contributed by atoms with Gasteiger partial charge in [-0.05, 0) is 60.8 Å². The normalized spacial score (nSPS) is 24.1. The number of hydrogen-bond donors (Lipinski definition) is 1. The van der Waals surface area contributed by atoms with Crippen LogP contribution in [0.1, 0.15) is 44.7 Å². The molecule has 1 aromatic rings. The number of halogens is 3. The highest BCUT2D eigenvalue weighted by Crippen LogP contribution is 2.33. The largest absolute Gasteiger partial charge is 0.373 e. The van der Waals surface area contributed by atoms with Gasteiger partial charge < -0.3 is 10.1 Å². The fraction of sp³-hybridized carbons (Fsp3) is 0.600. The van der Waals surface area contributed by atoms with Crippen molar-refractivity contribution in [2.24, 2.45) is 0 Å². The summed E-state index contributed by atoms with van der Waals surface area (Å²) in [5, 5.41) is 3.29. The first-order chi connectivity index (χ1) is 9.52. The molecule has 1 heterocycles. The standard InChI is InChI=1S/C15H20BrF2NO/c1-3-6-19-15(14-5-4-9(2)20-14)10-7-13(18)11(16)8-12(10)17/h7-9,14-15,19H,3-6H2,1-2H3. The highest BCUT2D eigenvalue weighted by molar-refractivity contribution is 9.10. The zero-order chi connectivity index (χ0) is 14.7. The monoisotopic (exact) mass is 347 g/mol. The molecule has 2 rings (SSSR count). The minimum Gasteiger partial charge on any atom is -0.373 e. The van der Waals surface area contributed by atoms with Crippen LogP contribution in [0, 0.1) is 11.6 Å². The second-order valence-corrected chi connectivity index (χ2v) is 6.14. The molecule has 1 aliphatic rings. The Kier molecular flexibility index (Phi) is 5.52. The van der Waals surface area contributed by atoms with E-state index in [1.54, 1.807) is 0 Å². The molecule has 5 heteroatoms. The average molecular weight is 348 g/mol. The van der Waals surface area contributed by atoms with Crippen LogP contribution in [0.15, 0.2) is 16.6 Å². The van der Waals surface area contributed by atoms with E-state index < -0.39 is 11.6 Å². The van der Waals surface area contributed by atoms with Crippen molar-refractivity contribution in [3.05, 3.63) is 33.8 Å². The fourth-order valence-corrected chi connectivity index (χ4v) is 2.91. The lowest BCUT2D eigenvalue weighted by Crippen LogP contribution is -2.33. The van der Waals surface area contributed by atoms with Crippen LogP contribution in [0.4, 0.5) is 8.78 Å². The first-order valence-electron chi connectivity index (χ1n) is 7.06. The molecule has 0 saturated carbocycles. The fourth-order valence-electron chi connectivity index (χ4n) is 2.60. The molecule has 112 valence electrons. The Morgan fingerprint density at radius 1 is 1.35 bits per heavy atom. The molecule has 0 aromatic heterocycles. The van der Waals surface area contributed by atoms with Gasteiger partial charge in [-0.3, -0.25) is 0 Å². The Hall–Kier alpha value is -0.520. The zero-order valence-corrected chi connectivity index (χ0v) is 13.3. The number of nitrogens with one attached hydrogen (secondary N) is 1. The van der Waals surface area contributed by atoms with Gasteiger partial charge in [-0.25, -0.2) is 8.78 Å². The molecule has 0 spiro atoms. The van der Waals surface area contributed by atoms with E-state index in [1.165, 1.54) is 12.1 Å². The van der Waals surface area contributed by atoms with Crippen LogP contribution in [0.5, 0.6) is 0 Å². The van der Waals surface area contributed by atoms with Gasteiger partial charge in [0, 0.05) is 5.56 Å². The smallest absolute Gasteiger partial charge is 0.137 e. The van der Waals surface area contributed by atoms with E-state index in [1.807, 2.05) is 13.8 Å². The van der Waals surface area contributed by atoms with Crippen LogP contribution in [0.25, 0.3) is 0 Å². The number of benzene rings is 1. The minimum atomic E-state index is -0.448. The highest BCUT2D eigenvalue weighted by atomic mass is 79.9. The van der Waals surface area contributed by atoms with Gasteiger partial charge in [-0.1, -0.05) is 6.92 Å². The van der Waals surface area contributed by atoms with E-state index >= 15 is 0 Å². The van der Waals surface area contributed by atoms with Gasteiger partial charge in [0.05, 0.1) is 22.7 Å². The lowest BCUT2D eigenvalue weighted by atomic mass is 9.98. The first kappa shape index (κ1) is 15.9. The topological polar surface area (TPSA) is 21.3 Å². The van der Waals surface area contributed by atoms with Crippen LogP contribution in [0.3, 0.4) is 0 Å². The van der Waals surface area contributed by atoms with Crippen LogP contribution in [0.2, 0.25) is 0 Å². The lowest BCUT2D eigenvalue weighted by molar-refractivity contribution is 0.0307. The van der Waals surface area contributed by atoms with Crippen LogP contribution < -0.4 is 5.32 Å². The molecule has 0 radical (unpaired) electrons. The quantitative estimate of drug-likeness (QED) is 0.800. The summed E-state index contributed by atoms with van der Waals surface area (Å²) in [6.45, 7) is 4.80. The molecule has 0 aliphatic carbocycles. The summed E-state index contributed by atoms with van der Waals surface area (Å²) in [7, 11) is 0. The van der Waals surface area contributed by atoms with Crippen LogP contribution in [-0.4, -0.2) is 18.8 Å². The van der Waals surface area contributed by atoms with Gasteiger partial charge in [0.15, 0.2) is 0 Å². The molecular weight excluding hydrogens is 328 g/mol. The van der Waals surface area contributed by atoms with Crippen molar-refractivity contribution in [2.75, 3.05) is 6.54 Å². The van der Waals surface area contributed by atoms with Crippen molar-refractivity contribution in [1.29, 1.82) is 0 Å². The van der Waals surface area contributed by atoms with E-state index in [0.717, 1.165) is 25.8 Å². The summed E-state index contributed by atoms with van der Waals surface area (Å²) in [4.78, 5) is 0. The second kappa shape index (κ2) is 6.96. The first-order valence-corrected chi connectivity index (χ1v) is 7.85. The van der Waals surface area contributed by atoms with E-state index in [0.29, 0.717) is 5.56 Å². The van der Waals surface area contributed by atoms with Gasteiger partial charge in [0.1, 0.15) is 11.6 Å². The maximum absolute atomic E-state index is 14.2. The molecular formula is C15H20BrF2NO. The van der Waals surface area contributed by atoms with Crippen molar-refractivity contribution >= 4 is 15.9 Å². The highest BCUT2D eigenvalue weighted by Gasteiger charge is 2.32. The van der Waals surface area contributed by atoms with Crippen molar-refractivity contribution in [2.45, 2.75) is 51.4 Å². The molecule has 3 atom stereocenters. The van der Waals surface area contributed by atoms with Gasteiger partial charge in [-0.2, -0.15) is 0 Å². The van der Waals surface area contributed by atoms with E-state index in [2.05, 4.69) is 21.2 Å². The predicted molar refractivity (Wildman–Crippen MR) is 78.7 cm³/mol. The Morgan fingerprint density at radius 3 is 2.70 bits per heavy atom. The predicted octanol–water partition coefficient (Wildman–Crippen LogP) is 4.34. The lowest BCUT2D eigenvalue weighted by Gasteiger charge is -2.26. The molecule has 1 N–H and O–H groups in total. The summed E-state index contributed by atoms with van der Waals surface area (Å²) in [6, 6.07) is 2.14. The van der Waals surface area contributed by atoms with Crippen molar-refractivity contribution < 1.29 is 13.5 Å². The summed E-state index contributed by atoms with van der Waals surface area (Å²) in [6.07, 6.45) is 2.82. The molecule has 2 nitrogen and oxygen atoms in total. The summed E-state index contributed by atoms with van der Waals surface area (Å²) in [5.74, 6) is -0.856. The average Bonchev–Trinajstić information content (AvgIpc) is 2.82. The van der Waals surface area contributed by atoms with Crippen LogP contribution in [-0.2, 0) is 4.74 Å². The van der Waals surface area contributed by atoms with Crippen molar-refractivity contribution in [3.8, 4) is 0 Å². The molecule has 1 aliphatic heterocycles. The Bertz CT molecular complexity index is 469. The van der Waals surface area contributed by atoms with E-state index in [4.69, 9.17) is 4.74 Å². The van der Waals surface area contributed by atoms with Crippen LogP contribution >= 0.6 is 15.9 Å². The zero-order valence-electron chi connectivity index (χ0n) is 11.8. The SMILES string of the molecule is CCCNC(c1cc(F)c(Br)cc1F)C1CCC(C)O1. The number of rotatable bonds is 5. The molecule has 1 saturated heterocycles. The van der Waals surface area contributed by atoms with Gasteiger partial charge in [0.2, 0.25) is 0 Å². The number of ether oxygens (including phenoxy) is 1. The Morgan fingerprint density at radius 2 is 2.10 bits per heavy atom. The minimum absolute atomic E-state index is 0.105. The molecule has 0 amide bonds. The molecule has 1 aromatic carbocycles. The summed E-state index contributed by atoms with van der Waals surface area (Å²) < 4.78 is 33.9. The Balaban J connectivity index is 2.28.